The fourth-order valence-electron chi connectivity index (χ4n) is 2.30. The quantitative estimate of drug-likeness (QED) is 0.657. The number of H-pyrrole nitrogens is 1. The molecule has 0 aliphatic rings. The molecule has 0 saturated carbocycles. The summed E-state index contributed by atoms with van der Waals surface area (Å²) < 4.78 is 0. The van der Waals surface area contributed by atoms with Gasteiger partial charge in [0.2, 0.25) is 0 Å². The van der Waals surface area contributed by atoms with Crippen molar-refractivity contribution in [3.63, 3.8) is 0 Å². The fraction of sp³-hybridized carbons (Fsp3) is 0. The van der Waals surface area contributed by atoms with Gasteiger partial charge in [-0.05, 0) is 36.4 Å². The van der Waals surface area contributed by atoms with Gasteiger partial charge in [0.05, 0.1) is 16.3 Å². The number of nitrogen functional groups attached to an aromatic ring is 1. The van der Waals surface area contributed by atoms with E-state index in [2.05, 4.69) is 9.97 Å². The van der Waals surface area contributed by atoms with E-state index in [4.69, 9.17) is 28.9 Å². The Hall–Kier alpha value is -2.50. The number of aromatic amines is 1. The maximum atomic E-state index is 11.6. The Morgan fingerprint density at radius 2 is 1.96 bits per heavy atom. The monoisotopic (exact) mass is 347 g/mol. The van der Waals surface area contributed by atoms with Crippen LogP contribution in [0.15, 0.2) is 42.6 Å². The van der Waals surface area contributed by atoms with Gasteiger partial charge < -0.3 is 15.8 Å². The summed E-state index contributed by atoms with van der Waals surface area (Å²) in [6.45, 7) is 0. The third-order valence-corrected chi connectivity index (χ3v) is 3.89. The van der Waals surface area contributed by atoms with Crippen molar-refractivity contribution in [3.05, 3.63) is 58.2 Å². The Kier molecular flexibility index (Phi) is 3.98. The van der Waals surface area contributed by atoms with Gasteiger partial charge in [0.15, 0.2) is 0 Å². The molecule has 0 spiro atoms. The SMILES string of the molecule is Nc1cc(-c2cc(C(=O)O)c(-c3ccc(Cl)cc3Cl)[nH]2)ccn1. The molecule has 0 unspecified atom stereocenters. The lowest BCUT2D eigenvalue weighted by molar-refractivity contribution is 0.0698. The molecular formula is C16H11Cl2N3O2. The van der Waals surface area contributed by atoms with E-state index in [0.717, 1.165) is 5.56 Å². The lowest BCUT2D eigenvalue weighted by Crippen LogP contribution is -1.97. The minimum atomic E-state index is -1.06. The Balaban J connectivity index is 2.19. The van der Waals surface area contributed by atoms with E-state index in [1.807, 2.05) is 0 Å². The lowest BCUT2D eigenvalue weighted by atomic mass is 10.1. The average Bonchev–Trinajstić information content (AvgIpc) is 2.92. The molecule has 7 heteroatoms. The first-order valence-corrected chi connectivity index (χ1v) is 7.35. The smallest absolute Gasteiger partial charge is 0.337 e. The molecule has 116 valence electrons. The number of benzene rings is 1. The summed E-state index contributed by atoms with van der Waals surface area (Å²) in [5, 5.41) is 10.3. The lowest BCUT2D eigenvalue weighted by Gasteiger charge is -2.05. The standard InChI is InChI=1S/C16H11Cl2N3O2/c17-9-1-2-10(12(18)6-9)15-11(16(22)23)7-13(21-15)8-3-4-20-14(19)5-8/h1-7,21H,(H2,19,20)(H,22,23). The van der Waals surface area contributed by atoms with Crippen LogP contribution in [0.4, 0.5) is 5.82 Å². The molecule has 3 aromatic rings. The van der Waals surface area contributed by atoms with Crippen molar-refractivity contribution >= 4 is 35.0 Å². The van der Waals surface area contributed by atoms with Gasteiger partial charge in [0.1, 0.15) is 5.82 Å². The van der Waals surface area contributed by atoms with Crippen LogP contribution in [0.25, 0.3) is 22.5 Å². The molecule has 0 bridgehead atoms. The highest BCUT2D eigenvalue weighted by Gasteiger charge is 2.19. The molecule has 0 amide bonds. The van der Waals surface area contributed by atoms with Crippen LogP contribution in [0.5, 0.6) is 0 Å². The Labute approximate surface area is 141 Å². The van der Waals surface area contributed by atoms with Crippen LogP contribution in [0.3, 0.4) is 0 Å². The minimum Gasteiger partial charge on any atom is -0.478 e. The average molecular weight is 348 g/mol. The number of nitrogens with two attached hydrogens (primary N) is 1. The van der Waals surface area contributed by atoms with Crippen molar-refractivity contribution in [3.8, 4) is 22.5 Å². The Morgan fingerprint density at radius 3 is 2.61 bits per heavy atom. The molecule has 0 atom stereocenters. The largest absolute Gasteiger partial charge is 0.478 e. The van der Waals surface area contributed by atoms with E-state index >= 15 is 0 Å². The highest BCUT2D eigenvalue weighted by Crippen LogP contribution is 2.34. The zero-order valence-electron chi connectivity index (χ0n) is 11.7. The van der Waals surface area contributed by atoms with E-state index in [-0.39, 0.29) is 5.56 Å². The molecule has 2 heterocycles. The molecule has 1 aromatic carbocycles. The zero-order valence-corrected chi connectivity index (χ0v) is 13.2. The van der Waals surface area contributed by atoms with Crippen LogP contribution in [0, 0.1) is 0 Å². The summed E-state index contributed by atoms with van der Waals surface area (Å²) >= 11 is 12.1. The molecule has 23 heavy (non-hydrogen) atoms. The van der Waals surface area contributed by atoms with Gasteiger partial charge in [-0.3, -0.25) is 0 Å². The first kappa shape index (κ1) is 15.4. The fourth-order valence-corrected chi connectivity index (χ4v) is 2.80. The maximum absolute atomic E-state index is 11.6. The third kappa shape index (κ3) is 3.02. The number of nitrogens with zero attached hydrogens (tertiary/aromatic N) is 1. The van der Waals surface area contributed by atoms with Crippen molar-refractivity contribution < 1.29 is 9.90 Å². The van der Waals surface area contributed by atoms with Gasteiger partial charge >= 0.3 is 5.97 Å². The van der Waals surface area contributed by atoms with Gasteiger partial charge in [-0.15, -0.1) is 0 Å². The number of halogens is 2. The topological polar surface area (TPSA) is 92.0 Å². The van der Waals surface area contributed by atoms with Crippen LogP contribution in [0.2, 0.25) is 10.0 Å². The van der Waals surface area contributed by atoms with Gasteiger partial charge in [0.25, 0.3) is 0 Å². The van der Waals surface area contributed by atoms with Crippen molar-refractivity contribution in [1.29, 1.82) is 0 Å². The molecule has 4 N–H and O–H groups in total. The van der Waals surface area contributed by atoms with Gasteiger partial charge in [-0.1, -0.05) is 23.2 Å². The normalized spacial score (nSPS) is 10.7. The van der Waals surface area contributed by atoms with Crippen LogP contribution < -0.4 is 5.73 Å². The second kappa shape index (κ2) is 5.95. The van der Waals surface area contributed by atoms with E-state index in [9.17, 15) is 9.90 Å². The van der Waals surface area contributed by atoms with Crippen LogP contribution in [-0.4, -0.2) is 21.0 Å². The first-order valence-electron chi connectivity index (χ1n) is 6.59. The summed E-state index contributed by atoms with van der Waals surface area (Å²) in [4.78, 5) is 18.6. The summed E-state index contributed by atoms with van der Waals surface area (Å²) in [7, 11) is 0. The minimum absolute atomic E-state index is 0.111. The second-order valence-corrected chi connectivity index (χ2v) is 5.71. The van der Waals surface area contributed by atoms with Crippen molar-refractivity contribution in [2.24, 2.45) is 0 Å². The summed E-state index contributed by atoms with van der Waals surface area (Å²) in [6.07, 6.45) is 1.56. The number of carboxylic acids is 1. The van der Waals surface area contributed by atoms with Crippen LogP contribution in [0.1, 0.15) is 10.4 Å². The summed E-state index contributed by atoms with van der Waals surface area (Å²) in [5.74, 6) is -0.712. The number of carbonyl (C=O) groups is 1. The predicted molar refractivity (Wildman–Crippen MR) is 90.9 cm³/mol. The highest BCUT2D eigenvalue weighted by atomic mass is 35.5. The highest BCUT2D eigenvalue weighted by molar-refractivity contribution is 6.36. The summed E-state index contributed by atoms with van der Waals surface area (Å²) in [6, 6.07) is 9.82. The second-order valence-electron chi connectivity index (χ2n) is 4.87. The third-order valence-electron chi connectivity index (χ3n) is 3.34. The molecular weight excluding hydrogens is 337 g/mol. The Bertz CT molecular complexity index is 906. The van der Waals surface area contributed by atoms with Crippen molar-refractivity contribution in [2.45, 2.75) is 0 Å². The van der Waals surface area contributed by atoms with Gasteiger partial charge in [-0.25, -0.2) is 9.78 Å². The number of aromatic nitrogens is 2. The molecule has 0 aliphatic heterocycles. The molecule has 0 saturated heterocycles. The van der Waals surface area contributed by atoms with E-state index in [1.165, 1.54) is 6.07 Å². The molecule has 0 fully saturated rings. The number of hydrogen-bond acceptors (Lipinski definition) is 3. The number of nitrogens with one attached hydrogen (secondary N) is 1. The molecule has 0 aliphatic carbocycles. The van der Waals surface area contributed by atoms with Gasteiger partial charge in [-0.2, -0.15) is 0 Å². The van der Waals surface area contributed by atoms with Crippen LogP contribution >= 0.6 is 23.2 Å². The molecule has 0 radical (unpaired) electrons. The van der Waals surface area contributed by atoms with Crippen molar-refractivity contribution in [1.82, 2.24) is 9.97 Å². The number of aromatic carboxylic acids is 1. The molecule has 3 rings (SSSR count). The zero-order chi connectivity index (χ0) is 16.6. The summed E-state index contributed by atoms with van der Waals surface area (Å²) in [5.41, 5.74) is 8.09. The number of hydrogen-bond donors (Lipinski definition) is 3. The number of pyridine rings is 1. The van der Waals surface area contributed by atoms with Crippen LogP contribution in [-0.2, 0) is 0 Å². The molecule has 2 aromatic heterocycles. The predicted octanol–water partition coefficient (Wildman–Crippen LogP) is 4.33. The first-order chi connectivity index (χ1) is 11.0. The maximum Gasteiger partial charge on any atom is 0.337 e. The van der Waals surface area contributed by atoms with Gasteiger partial charge in [0, 0.05) is 28.0 Å². The van der Waals surface area contributed by atoms with Crippen molar-refractivity contribution in [2.75, 3.05) is 5.73 Å². The van der Waals surface area contributed by atoms with E-state index in [0.29, 0.717) is 32.8 Å². The van der Waals surface area contributed by atoms with E-state index < -0.39 is 5.97 Å². The number of carboxylic acid groups (broad SMARTS) is 1. The number of rotatable bonds is 3. The Morgan fingerprint density at radius 1 is 1.17 bits per heavy atom. The van der Waals surface area contributed by atoms with E-state index in [1.54, 1.807) is 36.5 Å². The number of anilines is 1. The molecule has 5 nitrogen and oxygen atoms in total.